The summed E-state index contributed by atoms with van der Waals surface area (Å²) in [6.45, 7) is 3.10. The van der Waals surface area contributed by atoms with Crippen molar-refractivity contribution >= 4 is 6.03 Å². The average molecular weight is 349 g/mol. The van der Waals surface area contributed by atoms with Gasteiger partial charge in [0.25, 0.3) is 0 Å². The van der Waals surface area contributed by atoms with Gasteiger partial charge in [0.2, 0.25) is 0 Å². The summed E-state index contributed by atoms with van der Waals surface area (Å²) in [7, 11) is 1.79. The van der Waals surface area contributed by atoms with Crippen LogP contribution in [-0.4, -0.2) is 32.5 Å². The van der Waals surface area contributed by atoms with Gasteiger partial charge in [-0.1, -0.05) is 30.3 Å². The highest BCUT2D eigenvalue weighted by atomic mass is 16.2. The Balaban J connectivity index is 1.59. The first-order valence-electron chi connectivity index (χ1n) is 8.59. The molecule has 6 heteroatoms. The molecular weight excluding hydrogens is 326 g/mol. The molecule has 0 radical (unpaired) electrons. The summed E-state index contributed by atoms with van der Waals surface area (Å²) in [4.78, 5) is 22.5. The molecule has 0 aliphatic heterocycles. The number of carbonyl (C=O) groups is 1. The van der Waals surface area contributed by atoms with E-state index >= 15 is 0 Å². The molecule has 26 heavy (non-hydrogen) atoms. The number of carbonyl (C=O) groups excluding carboxylic acids is 1. The summed E-state index contributed by atoms with van der Waals surface area (Å²) in [6.07, 6.45) is 7.15. The van der Waals surface area contributed by atoms with Gasteiger partial charge in [-0.25, -0.2) is 9.78 Å². The summed E-state index contributed by atoms with van der Waals surface area (Å²) in [5.41, 5.74) is 2.24. The van der Waals surface area contributed by atoms with E-state index in [-0.39, 0.29) is 12.1 Å². The van der Waals surface area contributed by atoms with Crippen LogP contribution in [0.1, 0.15) is 29.9 Å². The Morgan fingerprint density at radius 1 is 1.15 bits per heavy atom. The maximum atomic E-state index is 12.5. The van der Waals surface area contributed by atoms with E-state index in [9.17, 15) is 4.79 Å². The van der Waals surface area contributed by atoms with Crippen molar-refractivity contribution in [1.82, 2.24) is 24.8 Å². The first kappa shape index (κ1) is 17.7. The number of hydrogen-bond acceptors (Lipinski definition) is 3. The SMILES string of the molecule is CC(c1ccncc1)N(C)C(=O)NCc1nccn1Cc1ccccc1. The van der Waals surface area contributed by atoms with Crippen LogP contribution in [0.5, 0.6) is 0 Å². The first-order valence-corrected chi connectivity index (χ1v) is 8.59. The van der Waals surface area contributed by atoms with Crippen LogP contribution >= 0.6 is 0 Å². The minimum atomic E-state index is -0.136. The molecule has 6 nitrogen and oxygen atoms in total. The normalized spacial score (nSPS) is 11.8. The van der Waals surface area contributed by atoms with E-state index < -0.39 is 0 Å². The van der Waals surface area contributed by atoms with Gasteiger partial charge in [0.05, 0.1) is 12.6 Å². The van der Waals surface area contributed by atoms with Gasteiger partial charge in [-0.3, -0.25) is 4.98 Å². The Labute approximate surface area is 153 Å². The predicted octanol–water partition coefficient (Wildman–Crippen LogP) is 3.23. The Kier molecular flexibility index (Phi) is 5.63. The summed E-state index contributed by atoms with van der Waals surface area (Å²) in [5.74, 6) is 0.826. The maximum Gasteiger partial charge on any atom is 0.318 e. The molecule has 1 N–H and O–H groups in total. The molecule has 2 aromatic heterocycles. The second-order valence-corrected chi connectivity index (χ2v) is 6.18. The highest BCUT2D eigenvalue weighted by Gasteiger charge is 2.17. The number of nitrogens with zero attached hydrogens (tertiary/aromatic N) is 4. The van der Waals surface area contributed by atoms with Crippen molar-refractivity contribution in [2.24, 2.45) is 0 Å². The van der Waals surface area contributed by atoms with Crippen LogP contribution in [0.3, 0.4) is 0 Å². The van der Waals surface area contributed by atoms with Crippen molar-refractivity contribution in [2.75, 3.05) is 7.05 Å². The molecule has 1 unspecified atom stereocenters. The molecule has 0 aliphatic carbocycles. The molecule has 0 saturated heterocycles. The van der Waals surface area contributed by atoms with Gasteiger partial charge in [-0.15, -0.1) is 0 Å². The van der Waals surface area contributed by atoms with Crippen LogP contribution in [0.2, 0.25) is 0 Å². The molecule has 0 bridgehead atoms. The lowest BCUT2D eigenvalue weighted by atomic mass is 10.1. The lowest BCUT2D eigenvalue weighted by Crippen LogP contribution is -2.38. The van der Waals surface area contributed by atoms with Crippen LogP contribution < -0.4 is 5.32 Å². The van der Waals surface area contributed by atoms with Gasteiger partial charge in [0.1, 0.15) is 5.82 Å². The van der Waals surface area contributed by atoms with E-state index in [1.165, 1.54) is 5.56 Å². The van der Waals surface area contributed by atoms with Crippen molar-refractivity contribution < 1.29 is 4.79 Å². The van der Waals surface area contributed by atoms with Gasteiger partial charge in [-0.05, 0) is 30.2 Å². The standard InChI is InChI=1S/C20H23N5O/c1-16(18-8-10-21-11-9-18)24(2)20(26)23-14-19-22-12-13-25(19)15-17-6-4-3-5-7-17/h3-13,16H,14-15H2,1-2H3,(H,23,26). The van der Waals surface area contributed by atoms with E-state index in [0.29, 0.717) is 6.54 Å². The van der Waals surface area contributed by atoms with Crippen molar-refractivity contribution in [3.63, 3.8) is 0 Å². The van der Waals surface area contributed by atoms with Crippen LogP contribution in [0.15, 0.2) is 67.3 Å². The maximum absolute atomic E-state index is 12.5. The van der Waals surface area contributed by atoms with Crippen LogP contribution in [0, 0.1) is 0 Å². The quantitative estimate of drug-likeness (QED) is 0.743. The van der Waals surface area contributed by atoms with Gasteiger partial charge in [0.15, 0.2) is 0 Å². The summed E-state index contributed by atoms with van der Waals surface area (Å²) < 4.78 is 2.04. The zero-order valence-corrected chi connectivity index (χ0v) is 15.0. The molecule has 0 saturated carbocycles. The monoisotopic (exact) mass is 349 g/mol. The largest absolute Gasteiger partial charge is 0.331 e. The Hall–Kier alpha value is -3.15. The third-order valence-electron chi connectivity index (χ3n) is 4.48. The number of pyridine rings is 1. The number of benzene rings is 1. The van der Waals surface area contributed by atoms with Crippen molar-refractivity contribution in [3.05, 3.63) is 84.2 Å². The molecule has 1 atom stereocenters. The van der Waals surface area contributed by atoms with E-state index in [2.05, 4.69) is 27.4 Å². The predicted molar refractivity (Wildman–Crippen MR) is 100 cm³/mol. The fourth-order valence-electron chi connectivity index (χ4n) is 2.75. The van der Waals surface area contributed by atoms with E-state index in [1.807, 2.05) is 48.0 Å². The van der Waals surface area contributed by atoms with Crippen LogP contribution in [-0.2, 0) is 13.1 Å². The fraction of sp³-hybridized carbons (Fsp3) is 0.250. The molecular formula is C20H23N5O. The van der Waals surface area contributed by atoms with Gasteiger partial charge >= 0.3 is 6.03 Å². The van der Waals surface area contributed by atoms with Crippen LogP contribution in [0.25, 0.3) is 0 Å². The molecule has 3 aromatic rings. The number of amides is 2. The molecule has 0 aliphatic rings. The minimum Gasteiger partial charge on any atom is -0.331 e. The molecule has 0 fully saturated rings. The number of urea groups is 1. The molecule has 1 aromatic carbocycles. The summed E-state index contributed by atoms with van der Waals surface area (Å²) in [6, 6.07) is 13.8. The average Bonchev–Trinajstić information content (AvgIpc) is 3.13. The highest BCUT2D eigenvalue weighted by molar-refractivity contribution is 5.74. The number of aromatic nitrogens is 3. The minimum absolute atomic E-state index is 0.0398. The van der Waals surface area contributed by atoms with Gasteiger partial charge in [-0.2, -0.15) is 0 Å². The number of hydrogen-bond donors (Lipinski definition) is 1. The number of imidazole rings is 1. The topological polar surface area (TPSA) is 63.1 Å². The molecule has 3 rings (SSSR count). The van der Waals surface area contributed by atoms with Gasteiger partial charge < -0.3 is 14.8 Å². The molecule has 2 heterocycles. The zero-order chi connectivity index (χ0) is 18.4. The van der Waals surface area contributed by atoms with Crippen molar-refractivity contribution in [1.29, 1.82) is 0 Å². The smallest absolute Gasteiger partial charge is 0.318 e. The lowest BCUT2D eigenvalue weighted by Gasteiger charge is -2.25. The van der Waals surface area contributed by atoms with Crippen LogP contribution in [0.4, 0.5) is 4.79 Å². The number of nitrogens with one attached hydrogen (secondary N) is 1. The van der Waals surface area contributed by atoms with E-state index in [1.54, 1.807) is 30.5 Å². The molecule has 2 amide bonds. The summed E-state index contributed by atoms with van der Waals surface area (Å²) in [5, 5.41) is 2.95. The Bertz CT molecular complexity index is 832. The third kappa shape index (κ3) is 4.27. The zero-order valence-electron chi connectivity index (χ0n) is 15.0. The Morgan fingerprint density at radius 3 is 2.62 bits per heavy atom. The van der Waals surface area contributed by atoms with Crippen molar-refractivity contribution in [3.8, 4) is 0 Å². The number of rotatable bonds is 6. The third-order valence-corrected chi connectivity index (χ3v) is 4.48. The molecule has 0 spiro atoms. The van der Waals surface area contributed by atoms with Crippen molar-refractivity contribution in [2.45, 2.75) is 26.1 Å². The highest BCUT2D eigenvalue weighted by Crippen LogP contribution is 2.17. The fourth-order valence-corrected chi connectivity index (χ4v) is 2.75. The Morgan fingerprint density at radius 2 is 1.88 bits per heavy atom. The van der Waals surface area contributed by atoms with E-state index in [4.69, 9.17) is 0 Å². The van der Waals surface area contributed by atoms with E-state index in [0.717, 1.165) is 17.9 Å². The van der Waals surface area contributed by atoms with Gasteiger partial charge in [0, 0.05) is 38.4 Å². The second-order valence-electron chi connectivity index (χ2n) is 6.18. The molecule has 134 valence electrons. The second kappa shape index (κ2) is 8.29. The lowest BCUT2D eigenvalue weighted by molar-refractivity contribution is 0.193. The first-order chi connectivity index (χ1) is 12.6. The summed E-state index contributed by atoms with van der Waals surface area (Å²) >= 11 is 0.